The van der Waals surface area contributed by atoms with E-state index in [1.165, 1.54) is 13.2 Å². The summed E-state index contributed by atoms with van der Waals surface area (Å²) in [6, 6.07) is 4.84. The number of esters is 1. The number of hydrogen-bond acceptors (Lipinski definition) is 4. The van der Waals surface area contributed by atoms with Crippen molar-refractivity contribution in [2.45, 2.75) is 20.1 Å². The van der Waals surface area contributed by atoms with Crippen molar-refractivity contribution in [2.24, 2.45) is 16.8 Å². The van der Waals surface area contributed by atoms with Crippen molar-refractivity contribution in [2.75, 3.05) is 27.2 Å². The Morgan fingerprint density at radius 2 is 2.15 bits per heavy atom. The van der Waals surface area contributed by atoms with Crippen molar-refractivity contribution in [1.82, 2.24) is 10.2 Å². The Morgan fingerprint density at radius 1 is 1.44 bits per heavy atom. The molecule has 1 N–H and O–H groups in total. The Balaban J connectivity index is 0.00000364. The molecule has 1 aliphatic heterocycles. The average Bonchev–Trinajstić information content (AvgIpc) is 2.98. The van der Waals surface area contributed by atoms with E-state index in [1.807, 2.05) is 11.8 Å². The summed E-state index contributed by atoms with van der Waals surface area (Å²) in [7, 11) is 3.01. The molecular formula is C17H23BrF2IN3O3. The lowest BCUT2D eigenvalue weighted by Crippen LogP contribution is -2.40. The Kier molecular flexibility index (Phi) is 9.71. The monoisotopic (exact) mass is 561 g/mol. The number of guanidine groups is 1. The minimum Gasteiger partial charge on any atom is -0.469 e. The fourth-order valence-electron chi connectivity index (χ4n) is 3.00. The van der Waals surface area contributed by atoms with Crippen LogP contribution in [0.25, 0.3) is 0 Å². The zero-order chi connectivity index (χ0) is 19.3. The molecule has 2 atom stereocenters. The number of benzene rings is 1. The molecule has 0 radical (unpaired) electrons. The molecule has 6 nitrogen and oxygen atoms in total. The Labute approximate surface area is 182 Å². The van der Waals surface area contributed by atoms with Crippen LogP contribution >= 0.6 is 39.9 Å². The summed E-state index contributed by atoms with van der Waals surface area (Å²) in [6.07, 6.45) is 0. The van der Waals surface area contributed by atoms with E-state index in [-0.39, 0.29) is 54.1 Å². The Hall–Kier alpha value is -1.17. The van der Waals surface area contributed by atoms with Crippen LogP contribution in [-0.2, 0) is 16.1 Å². The second-order valence-electron chi connectivity index (χ2n) is 6.04. The highest BCUT2D eigenvalue weighted by molar-refractivity contribution is 14.0. The highest BCUT2D eigenvalue weighted by atomic mass is 127. The van der Waals surface area contributed by atoms with E-state index >= 15 is 0 Å². The molecule has 152 valence electrons. The minimum absolute atomic E-state index is 0. The molecule has 0 spiro atoms. The van der Waals surface area contributed by atoms with Crippen LogP contribution in [-0.4, -0.2) is 50.7 Å². The zero-order valence-electron chi connectivity index (χ0n) is 15.2. The molecule has 0 saturated carbocycles. The van der Waals surface area contributed by atoms with Gasteiger partial charge in [0.15, 0.2) is 5.96 Å². The van der Waals surface area contributed by atoms with Gasteiger partial charge in [0.2, 0.25) is 0 Å². The molecule has 0 aliphatic carbocycles. The number of nitrogens with zero attached hydrogens (tertiary/aromatic N) is 2. The van der Waals surface area contributed by atoms with Gasteiger partial charge in [-0.2, -0.15) is 8.78 Å². The number of methoxy groups -OCH3 is 1. The van der Waals surface area contributed by atoms with Crippen LogP contribution in [0.4, 0.5) is 8.78 Å². The van der Waals surface area contributed by atoms with Crippen LogP contribution in [0.15, 0.2) is 27.7 Å². The lowest BCUT2D eigenvalue weighted by molar-refractivity contribution is -0.145. The molecule has 0 amide bonds. The predicted octanol–water partition coefficient (Wildman–Crippen LogP) is 3.48. The first-order chi connectivity index (χ1) is 12.3. The van der Waals surface area contributed by atoms with E-state index in [1.54, 1.807) is 19.2 Å². The molecule has 1 heterocycles. The zero-order valence-corrected chi connectivity index (χ0v) is 19.2. The highest BCUT2D eigenvalue weighted by Crippen LogP contribution is 2.26. The van der Waals surface area contributed by atoms with Crippen molar-refractivity contribution in [1.29, 1.82) is 0 Å². The largest absolute Gasteiger partial charge is 0.469 e. The van der Waals surface area contributed by atoms with Gasteiger partial charge in [0.25, 0.3) is 0 Å². The van der Waals surface area contributed by atoms with Crippen molar-refractivity contribution < 1.29 is 23.0 Å². The number of alkyl halides is 2. The first-order valence-electron chi connectivity index (χ1n) is 8.12. The quantitative estimate of drug-likeness (QED) is 0.258. The maximum absolute atomic E-state index is 12.6. The first-order valence-corrected chi connectivity index (χ1v) is 8.91. The molecule has 10 heteroatoms. The van der Waals surface area contributed by atoms with Gasteiger partial charge in [0.1, 0.15) is 5.75 Å². The highest BCUT2D eigenvalue weighted by Gasteiger charge is 2.36. The van der Waals surface area contributed by atoms with Gasteiger partial charge in [-0.3, -0.25) is 9.79 Å². The van der Waals surface area contributed by atoms with Gasteiger partial charge in [-0.15, -0.1) is 24.0 Å². The number of rotatable bonds is 5. The summed E-state index contributed by atoms with van der Waals surface area (Å²) in [4.78, 5) is 18.0. The molecule has 2 unspecified atom stereocenters. The van der Waals surface area contributed by atoms with Gasteiger partial charge in [-0.25, -0.2) is 0 Å². The minimum atomic E-state index is -2.89. The number of aliphatic imine (C=N–C) groups is 1. The third kappa shape index (κ3) is 6.44. The first kappa shape index (κ1) is 23.9. The van der Waals surface area contributed by atoms with Crippen LogP contribution in [0.1, 0.15) is 12.5 Å². The number of nitrogens with one attached hydrogen (secondary N) is 1. The van der Waals surface area contributed by atoms with Crippen molar-refractivity contribution in [3.05, 3.63) is 28.2 Å². The van der Waals surface area contributed by atoms with Crippen LogP contribution in [0.5, 0.6) is 5.75 Å². The van der Waals surface area contributed by atoms with Crippen LogP contribution < -0.4 is 10.1 Å². The molecule has 0 bridgehead atoms. The predicted molar refractivity (Wildman–Crippen MR) is 113 cm³/mol. The Bertz CT molecular complexity index is 679. The summed E-state index contributed by atoms with van der Waals surface area (Å²) in [5, 5.41) is 3.14. The SMILES string of the molecule is CN=C(NCc1cc(Br)ccc1OC(F)F)N1CC(C)C(C(=O)OC)C1.I. The standard InChI is InChI=1S/C17H22BrF2N3O3.HI/c1-10-8-23(9-13(10)15(24)25-3)17(21-2)22-7-11-6-12(18)4-5-14(11)26-16(19)20;/h4-6,10,13,16H,7-9H2,1-3H3,(H,21,22);1H. The Morgan fingerprint density at radius 3 is 2.74 bits per heavy atom. The second kappa shape index (κ2) is 11.0. The summed E-state index contributed by atoms with van der Waals surface area (Å²) in [5.41, 5.74) is 0.567. The smallest absolute Gasteiger partial charge is 0.387 e. The number of carbonyl (C=O) groups is 1. The molecule has 1 aromatic rings. The van der Waals surface area contributed by atoms with Gasteiger partial charge in [0.05, 0.1) is 13.0 Å². The van der Waals surface area contributed by atoms with Crippen molar-refractivity contribution in [3.63, 3.8) is 0 Å². The number of ether oxygens (including phenoxy) is 2. The maximum atomic E-state index is 12.6. The molecule has 1 saturated heterocycles. The van der Waals surface area contributed by atoms with Gasteiger partial charge in [-0.1, -0.05) is 22.9 Å². The summed E-state index contributed by atoms with van der Waals surface area (Å²) >= 11 is 3.33. The van der Waals surface area contributed by atoms with Crippen LogP contribution in [0.2, 0.25) is 0 Å². The average molecular weight is 562 g/mol. The van der Waals surface area contributed by atoms with E-state index in [0.29, 0.717) is 24.6 Å². The molecule has 1 aliphatic rings. The van der Waals surface area contributed by atoms with Crippen LogP contribution in [0.3, 0.4) is 0 Å². The molecule has 1 fully saturated rings. The number of halogens is 4. The number of likely N-dealkylation sites (tertiary alicyclic amines) is 1. The molecule has 0 aromatic heterocycles. The van der Waals surface area contributed by atoms with Crippen molar-refractivity contribution >= 4 is 51.8 Å². The van der Waals surface area contributed by atoms with Gasteiger partial charge in [0, 0.05) is 36.7 Å². The fraction of sp³-hybridized carbons (Fsp3) is 0.529. The van der Waals surface area contributed by atoms with E-state index in [4.69, 9.17) is 4.74 Å². The lowest BCUT2D eigenvalue weighted by Gasteiger charge is -2.22. The van der Waals surface area contributed by atoms with E-state index < -0.39 is 6.61 Å². The molecule has 1 aromatic carbocycles. The summed E-state index contributed by atoms with van der Waals surface area (Å²) < 4.78 is 35.3. The topological polar surface area (TPSA) is 63.2 Å². The maximum Gasteiger partial charge on any atom is 0.387 e. The molecular weight excluding hydrogens is 539 g/mol. The third-order valence-electron chi connectivity index (χ3n) is 4.30. The summed E-state index contributed by atoms with van der Waals surface area (Å²) in [5.74, 6) is 0.362. The third-order valence-corrected chi connectivity index (χ3v) is 4.80. The number of carbonyl (C=O) groups excluding carboxylic acids is 1. The van der Waals surface area contributed by atoms with Crippen LogP contribution in [0, 0.1) is 11.8 Å². The van der Waals surface area contributed by atoms with E-state index in [9.17, 15) is 13.6 Å². The van der Waals surface area contributed by atoms with E-state index in [2.05, 4.69) is 31.0 Å². The van der Waals surface area contributed by atoms with Gasteiger partial charge < -0.3 is 19.7 Å². The molecule has 2 rings (SSSR count). The number of hydrogen-bond donors (Lipinski definition) is 1. The van der Waals surface area contributed by atoms with Gasteiger partial charge >= 0.3 is 12.6 Å². The van der Waals surface area contributed by atoms with E-state index in [0.717, 1.165) is 4.47 Å². The normalized spacial score (nSPS) is 19.7. The van der Waals surface area contributed by atoms with Crippen molar-refractivity contribution in [3.8, 4) is 5.75 Å². The van der Waals surface area contributed by atoms with Gasteiger partial charge in [-0.05, 0) is 24.1 Å². The molecule has 27 heavy (non-hydrogen) atoms. The fourth-order valence-corrected chi connectivity index (χ4v) is 3.41. The summed E-state index contributed by atoms with van der Waals surface area (Å²) in [6.45, 7) is 0.485. The second-order valence-corrected chi connectivity index (χ2v) is 6.96. The lowest BCUT2D eigenvalue weighted by atomic mass is 9.99.